The van der Waals surface area contributed by atoms with Gasteiger partial charge in [0.2, 0.25) is 0 Å². The van der Waals surface area contributed by atoms with Gasteiger partial charge in [0.1, 0.15) is 0 Å². The number of aryl methyl sites for hydroxylation is 2. The number of aromatic amines is 2. The highest BCUT2D eigenvalue weighted by atomic mass is 14.8. The Labute approximate surface area is 238 Å². The average molecular weight is 531 g/mol. The molecule has 0 radical (unpaired) electrons. The number of nitrogens with one attached hydrogen (secondary N) is 2. The van der Waals surface area contributed by atoms with Crippen LogP contribution in [0.4, 0.5) is 0 Å². The molecule has 40 heavy (non-hydrogen) atoms. The number of rotatable bonds is 12. The van der Waals surface area contributed by atoms with Gasteiger partial charge in [0.15, 0.2) is 0 Å². The minimum absolute atomic E-state index is 0.921. The summed E-state index contributed by atoms with van der Waals surface area (Å²) in [5, 5.41) is 0. The molecule has 4 nitrogen and oxygen atoms in total. The summed E-state index contributed by atoms with van der Waals surface area (Å²) in [6.07, 6.45) is 24.0. The number of hydrogen-bond donors (Lipinski definition) is 2. The summed E-state index contributed by atoms with van der Waals surface area (Å²) >= 11 is 0. The van der Waals surface area contributed by atoms with E-state index in [2.05, 4.69) is 85.5 Å². The second-order valence-corrected chi connectivity index (χ2v) is 10.8. The Morgan fingerprint density at radius 3 is 1.40 bits per heavy atom. The normalized spacial score (nSPS) is 12.2. The summed E-state index contributed by atoms with van der Waals surface area (Å²) in [7, 11) is 0. The van der Waals surface area contributed by atoms with Crippen molar-refractivity contribution in [3.8, 4) is 0 Å². The van der Waals surface area contributed by atoms with E-state index in [1.54, 1.807) is 0 Å². The second kappa shape index (κ2) is 13.0. The predicted octanol–water partition coefficient (Wildman–Crippen LogP) is 10.2. The zero-order chi connectivity index (χ0) is 27.9. The van der Waals surface area contributed by atoms with E-state index in [1.807, 2.05) is 12.2 Å². The maximum atomic E-state index is 5.13. The van der Waals surface area contributed by atoms with Crippen LogP contribution in [0, 0.1) is 0 Å². The first kappa shape index (κ1) is 27.6. The highest BCUT2D eigenvalue weighted by Gasteiger charge is 2.15. The molecular formula is C36H42N4. The molecule has 3 aromatic heterocycles. The Kier molecular flexibility index (Phi) is 8.95. The zero-order valence-corrected chi connectivity index (χ0v) is 24.2. The molecule has 8 bridgehead atoms. The van der Waals surface area contributed by atoms with Crippen molar-refractivity contribution in [2.75, 3.05) is 0 Å². The number of unbranched alkanes of at least 4 members (excludes halogenated alkanes) is 6. The maximum absolute atomic E-state index is 5.13. The minimum Gasteiger partial charge on any atom is -0.355 e. The first-order chi connectivity index (χ1) is 19.7. The molecular weight excluding hydrogens is 488 g/mol. The first-order valence-electron chi connectivity index (χ1n) is 15.1. The molecule has 5 rings (SSSR count). The van der Waals surface area contributed by atoms with E-state index in [0.29, 0.717) is 0 Å². The van der Waals surface area contributed by atoms with Crippen LogP contribution in [-0.4, -0.2) is 19.9 Å². The lowest BCUT2D eigenvalue weighted by Crippen LogP contribution is -1.94. The number of hydrogen-bond acceptors (Lipinski definition) is 2. The van der Waals surface area contributed by atoms with Crippen LogP contribution in [0.1, 0.15) is 110 Å². The smallest absolute Gasteiger partial charge is 0.0731 e. The Balaban J connectivity index is 1.79. The molecule has 0 saturated heterocycles. The fraction of sp³-hybridized carbons (Fsp3) is 0.333. The molecule has 0 atom stereocenters. The van der Waals surface area contributed by atoms with Gasteiger partial charge in [-0.15, -0.1) is 0 Å². The minimum atomic E-state index is 0.921. The lowest BCUT2D eigenvalue weighted by Gasteiger charge is -2.04. The largest absolute Gasteiger partial charge is 0.355 e. The summed E-state index contributed by atoms with van der Waals surface area (Å²) in [5.41, 5.74) is 12.8. The molecule has 2 aliphatic rings. The van der Waals surface area contributed by atoms with Gasteiger partial charge in [-0.1, -0.05) is 77.7 Å². The third-order valence-electron chi connectivity index (χ3n) is 8.02. The van der Waals surface area contributed by atoms with Gasteiger partial charge in [-0.2, -0.15) is 0 Å². The van der Waals surface area contributed by atoms with Crippen molar-refractivity contribution < 1.29 is 0 Å². The first-order valence-corrected chi connectivity index (χ1v) is 15.1. The van der Waals surface area contributed by atoms with E-state index in [4.69, 9.17) is 9.97 Å². The quantitative estimate of drug-likeness (QED) is 0.158. The summed E-state index contributed by atoms with van der Waals surface area (Å²) < 4.78 is 0. The van der Waals surface area contributed by atoms with Gasteiger partial charge in [-0.05, 0) is 74.3 Å². The van der Waals surface area contributed by atoms with E-state index in [-0.39, 0.29) is 0 Å². The molecule has 0 fully saturated rings. The number of aromatic nitrogens is 4. The predicted molar refractivity (Wildman–Crippen MR) is 175 cm³/mol. The Bertz CT molecular complexity index is 1500. The van der Waals surface area contributed by atoms with E-state index in [1.165, 1.54) is 49.7 Å². The van der Waals surface area contributed by atoms with Crippen LogP contribution in [0.3, 0.4) is 0 Å². The van der Waals surface area contributed by atoms with Crippen LogP contribution < -0.4 is 0 Å². The van der Waals surface area contributed by atoms with Gasteiger partial charge in [0.25, 0.3) is 0 Å². The van der Waals surface area contributed by atoms with Crippen LogP contribution in [0.15, 0.2) is 37.4 Å². The topological polar surface area (TPSA) is 57.4 Å². The SMILES string of the molecule is C=Cc1c2nc(c(CCCCCC)c3ccc([nH]3)c(C=C)c3ccc([nH]3)c(CCCCCC)c3nc1C=C3)C=C2. The van der Waals surface area contributed by atoms with Crippen LogP contribution >= 0.6 is 0 Å². The molecule has 3 aromatic rings. The maximum Gasteiger partial charge on any atom is 0.0731 e. The van der Waals surface area contributed by atoms with Gasteiger partial charge >= 0.3 is 0 Å². The molecule has 0 saturated carbocycles. The molecule has 206 valence electrons. The van der Waals surface area contributed by atoms with Gasteiger partial charge < -0.3 is 9.97 Å². The van der Waals surface area contributed by atoms with E-state index in [0.717, 1.165) is 81.7 Å². The summed E-state index contributed by atoms with van der Waals surface area (Å²) in [5.74, 6) is 0. The van der Waals surface area contributed by atoms with Gasteiger partial charge in [-0.25, -0.2) is 9.97 Å². The summed E-state index contributed by atoms with van der Waals surface area (Å²) in [6.45, 7) is 12.8. The zero-order valence-electron chi connectivity index (χ0n) is 24.2. The number of H-pyrrole nitrogens is 2. The third-order valence-corrected chi connectivity index (χ3v) is 8.02. The number of fused-ring (bicyclic) bond motifs is 8. The molecule has 0 amide bonds. The van der Waals surface area contributed by atoms with E-state index < -0.39 is 0 Å². The van der Waals surface area contributed by atoms with Crippen LogP contribution in [0.2, 0.25) is 0 Å². The Morgan fingerprint density at radius 2 is 0.975 bits per heavy atom. The summed E-state index contributed by atoms with van der Waals surface area (Å²) in [4.78, 5) is 17.7. The van der Waals surface area contributed by atoms with Crippen molar-refractivity contribution in [1.29, 1.82) is 0 Å². The fourth-order valence-electron chi connectivity index (χ4n) is 5.78. The summed E-state index contributed by atoms with van der Waals surface area (Å²) in [6, 6.07) is 8.72. The molecule has 0 spiro atoms. The third kappa shape index (κ3) is 5.82. The van der Waals surface area contributed by atoms with Gasteiger partial charge in [0, 0.05) is 44.3 Å². The van der Waals surface area contributed by atoms with Gasteiger partial charge in [-0.3, -0.25) is 0 Å². The van der Waals surface area contributed by atoms with Crippen molar-refractivity contribution in [3.63, 3.8) is 0 Å². The Hall–Kier alpha value is -3.92. The lowest BCUT2D eigenvalue weighted by molar-refractivity contribution is 0.667. The van der Waals surface area contributed by atoms with Crippen molar-refractivity contribution in [1.82, 2.24) is 19.9 Å². The molecule has 2 N–H and O–H groups in total. The van der Waals surface area contributed by atoms with Crippen molar-refractivity contribution in [3.05, 3.63) is 82.5 Å². The van der Waals surface area contributed by atoms with E-state index in [9.17, 15) is 0 Å². The van der Waals surface area contributed by atoms with Crippen LogP contribution in [0.5, 0.6) is 0 Å². The van der Waals surface area contributed by atoms with Crippen LogP contribution in [0.25, 0.3) is 58.5 Å². The van der Waals surface area contributed by atoms with Crippen molar-refractivity contribution >= 4 is 58.5 Å². The molecule has 5 heterocycles. The highest BCUT2D eigenvalue weighted by molar-refractivity contribution is 5.87. The molecule has 0 unspecified atom stereocenters. The number of nitrogens with zero attached hydrogens (tertiary/aromatic N) is 2. The molecule has 0 aliphatic carbocycles. The molecule has 2 aliphatic heterocycles. The lowest BCUT2D eigenvalue weighted by atomic mass is 10.0. The second-order valence-electron chi connectivity index (χ2n) is 10.8. The monoisotopic (exact) mass is 530 g/mol. The standard InChI is InChI=1S/C36H42N4/c1-5-9-11-13-15-27-33-21-17-29(37-33)25(7-3)31-19-23-35(39-31)28(16-14-12-10-6-2)36-24-20-32(40-36)26(8-4)30-18-22-34(27)38-30/h7-8,17-24,37,39H,3-6,9-16H2,1-2H3. The van der Waals surface area contributed by atoms with E-state index >= 15 is 0 Å². The fourth-order valence-corrected chi connectivity index (χ4v) is 5.78. The van der Waals surface area contributed by atoms with Gasteiger partial charge in [0.05, 0.1) is 22.8 Å². The van der Waals surface area contributed by atoms with Crippen molar-refractivity contribution in [2.45, 2.75) is 78.1 Å². The molecule has 0 aromatic carbocycles. The Morgan fingerprint density at radius 1 is 0.550 bits per heavy atom. The van der Waals surface area contributed by atoms with Crippen molar-refractivity contribution in [2.24, 2.45) is 0 Å². The van der Waals surface area contributed by atoms with Crippen LogP contribution in [-0.2, 0) is 12.8 Å². The average Bonchev–Trinajstić information content (AvgIpc) is 3.78. The molecule has 4 heteroatoms. The highest BCUT2D eigenvalue weighted by Crippen LogP contribution is 2.29.